The molecule has 5 fully saturated rings. The summed E-state index contributed by atoms with van der Waals surface area (Å²) >= 11 is 0. The Bertz CT molecular complexity index is 815. The smallest absolute Gasteiger partial charge is 0.192 e. The Hall–Kier alpha value is -0.233. The summed E-state index contributed by atoms with van der Waals surface area (Å²) < 4.78 is 20.4. The van der Waals surface area contributed by atoms with Crippen LogP contribution in [0.1, 0.15) is 93.4 Å². The first-order valence-corrected chi connectivity index (χ1v) is 16.6. The molecule has 5 heteroatoms. The van der Waals surface area contributed by atoms with E-state index in [4.69, 9.17) is 13.9 Å². The Labute approximate surface area is 203 Å². The highest BCUT2D eigenvalue weighted by Crippen LogP contribution is 2.68. The standard InChI is InChI=1S/C28H48O4Si/c1-25(2,3)33(8,9)32-20-14-13-17-21-22(19(29)16-28(17,20)7)27(6)15-11-10-12-18(27)23-24(21)31-26(4,5)30-23/h17-18,20-24H,10-16H2,1-9H3/t17?,18?,20-,21?,22-,23+,24+,27-,28-/m0/s1. The van der Waals surface area contributed by atoms with E-state index in [1.165, 1.54) is 19.3 Å². The van der Waals surface area contributed by atoms with Crippen molar-refractivity contribution in [1.29, 1.82) is 0 Å². The highest BCUT2D eigenvalue weighted by Gasteiger charge is 2.70. The van der Waals surface area contributed by atoms with Crippen molar-refractivity contribution in [3.63, 3.8) is 0 Å². The third kappa shape index (κ3) is 3.49. The first-order chi connectivity index (χ1) is 15.1. The predicted molar refractivity (Wildman–Crippen MR) is 133 cm³/mol. The van der Waals surface area contributed by atoms with Crippen molar-refractivity contribution in [3.05, 3.63) is 0 Å². The number of Topliss-reactive ketones (excluding diaryl/α,β-unsaturated/α-hetero) is 1. The van der Waals surface area contributed by atoms with Crippen LogP contribution in [0.15, 0.2) is 0 Å². The van der Waals surface area contributed by atoms with E-state index in [2.05, 4.69) is 61.6 Å². The summed E-state index contributed by atoms with van der Waals surface area (Å²) in [5.74, 6) is 1.22. The molecule has 1 aliphatic heterocycles. The van der Waals surface area contributed by atoms with Gasteiger partial charge >= 0.3 is 0 Å². The van der Waals surface area contributed by atoms with Gasteiger partial charge in [0.05, 0.1) is 18.3 Å². The fourth-order valence-corrected chi connectivity index (χ4v) is 10.2. The van der Waals surface area contributed by atoms with E-state index >= 15 is 0 Å². The molecule has 0 N–H and O–H groups in total. The minimum Gasteiger partial charge on any atom is -0.413 e. The second-order valence-electron chi connectivity index (χ2n) is 14.7. The summed E-state index contributed by atoms with van der Waals surface area (Å²) in [7, 11) is -1.92. The molecule has 188 valence electrons. The van der Waals surface area contributed by atoms with Gasteiger partial charge in [-0.1, -0.05) is 47.5 Å². The molecule has 5 rings (SSSR count). The van der Waals surface area contributed by atoms with Crippen LogP contribution < -0.4 is 0 Å². The van der Waals surface area contributed by atoms with Crippen molar-refractivity contribution < 1.29 is 18.7 Å². The number of hydrogen-bond donors (Lipinski definition) is 0. The van der Waals surface area contributed by atoms with Crippen molar-refractivity contribution in [2.24, 2.45) is 34.5 Å². The highest BCUT2D eigenvalue weighted by molar-refractivity contribution is 6.74. The fourth-order valence-electron chi connectivity index (χ4n) is 8.73. The summed E-state index contributed by atoms with van der Waals surface area (Å²) in [5.41, 5.74) is -0.0447. The van der Waals surface area contributed by atoms with Gasteiger partial charge in [0.1, 0.15) is 5.78 Å². The number of ketones is 1. The third-order valence-corrected chi connectivity index (χ3v) is 15.8. The molecule has 0 amide bonds. The SMILES string of the molecule is CC1(C)O[C@@H]2C3C4CC[C@H](O[Si](C)(C)C(C)(C)C)[C@@]4(C)CC(=O)[C@@H]3[C@@]3(C)CCCCC3[C@H]2O1. The average Bonchev–Trinajstić information content (AvgIpc) is 3.15. The van der Waals surface area contributed by atoms with Crippen LogP contribution >= 0.6 is 0 Å². The Morgan fingerprint density at radius 1 is 0.909 bits per heavy atom. The summed E-state index contributed by atoms with van der Waals surface area (Å²) in [6.45, 7) is 20.6. The highest BCUT2D eigenvalue weighted by atomic mass is 28.4. The maximum atomic E-state index is 14.2. The fraction of sp³-hybridized carbons (Fsp3) is 0.964. The van der Waals surface area contributed by atoms with Crippen molar-refractivity contribution >= 4 is 14.1 Å². The lowest BCUT2D eigenvalue weighted by molar-refractivity contribution is -0.188. The van der Waals surface area contributed by atoms with Crippen LogP contribution in [0.5, 0.6) is 0 Å². The van der Waals surface area contributed by atoms with E-state index in [9.17, 15) is 4.79 Å². The van der Waals surface area contributed by atoms with E-state index in [1.807, 2.05) is 0 Å². The minimum absolute atomic E-state index is 0.0429. The van der Waals surface area contributed by atoms with Crippen molar-refractivity contribution in [2.75, 3.05) is 0 Å². The Morgan fingerprint density at radius 3 is 2.24 bits per heavy atom. The largest absolute Gasteiger partial charge is 0.413 e. The maximum absolute atomic E-state index is 14.2. The van der Waals surface area contributed by atoms with Gasteiger partial charge in [0.2, 0.25) is 0 Å². The topological polar surface area (TPSA) is 44.8 Å². The lowest BCUT2D eigenvalue weighted by atomic mass is 9.43. The zero-order valence-corrected chi connectivity index (χ0v) is 23.6. The second-order valence-corrected chi connectivity index (χ2v) is 19.4. The van der Waals surface area contributed by atoms with Crippen LogP contribution in [0.2, 0.25) is 18.1 Å². The monoisotopic (exact) mass is 476 g/mol. The van der Waals surface area contributed by atoms with Crippen molar-refractivity contribution in [1.82, 2.24) is 0 Å². The van der Waals surface area contributed by atoms with Gasteiger partial charge in [0.25, 0.3) is 0 Å². The van der Waals surface area contributed by atoms with Gasteiger partial charge in [-0.05, 0) is 74.9 Å². The summed E-state index contributed by atoms with van der Waals surface area (Å²) in [5, 5.41) is 0.174. The van der Waals surface area contributed by atoms with Crippen molar-refractivity contribution in [2.45, 2.75) is 136 Å². The molecule has 4 nitrogen and oxygen atoms in total. The van der Waals surface area contributed by atoms with E-state index in [-0.39, 0.29) is 46.0 Å². The van der Waals surface area contributed by atoms with Gasteiger partial charge < -0.3 is 13.9 Å². The average molecular weight is 477 g/mol. The van der Waals surface area contributed by atoms with E-state index in [0.29, 0.717) is 24.0 Å². The molecule has 9 atom stereocenters. The molecule has 0 spiro atoms. The number of rotatable bonds is 2. The quantitative estimate of drug-likeness (QED) is 0.415. The number of carbonyl (C=O) groups excluding carboxylic acids is 1. The lowest BCUT2D eigenvalue weighted by Crippen LogP contribution is -2.65. The molecule has 1 heterocycles. The number of carbonyl (C=O) groups is 1. The maximum Gasteiger partial charge on any atom is 0.192 e. The first kappa shape index (κ1) is 24.5. The lowest BCUT2D eigenvalue weighted by Gasteiger charge is -2.62. The molecule has 5 aliphatic rings. The molecule has 0 aromatic rings. The van der Waals surface area contributed by atoms with Crippen LogP contribution in [0, 0.1) is 34.5 Å². The molecule has 1 saturated heterocycles. The van der Waals surface area contributed by atoms with Crippen LogP contribution in [0.4, 0.5) is 0 Å². The Morgan fingerprint density at radius 2 is 1.58 bits per heavy atom. The van der Waals surface area contributed by atoms with Crippen LogP contribution in [0.3, 0.4) is 0 Å². The van der Waals surface area contributed by atoms with Gasteiger partial charge in [-0.15, -0.1) is 0 Å². The zero-order chi connectivity index (χ0) is 24.2. The summed E-state index contributed by atoms with van der Waals surface area (Å²) in [6.07, 6.45) is 8.08. The molecule has 3 unspecified atom stereocenters. The second kappa shape index (κ2) is 7.40. The number of fused-ring (bicyclic) bond motifs is 8. The molecular formula is C28H48O4Si. The molecule has 0 aromatic heterocycles. The molecule has 0 aromatic carbocycles. The van der Waals surface area contributed by atoms with Crippen LogP contribution in [-0.2, 0) is 18.7 Å². The minimum atomic E-state index is -1.92. The Balaban J connectivity index is 1.53. The van der Waals surface area contributed by atoms with Crippen LogP contribution in [-0.4, -0.2) is 38.2 Å². The van der Waals surface area contributed by atoms with Gasteiger partial charge in [-0.25, -0.2) is 0 Å². The first-order valence-electron chi connectivity index (χ1n) is 13.7. The van der Waals surface area contributed by atoms with Gasteiger partial charge in [-0.2, -0.15) is 0 Å². The normalized spacial score (nSPS) is 49.2. The van der Waals surface area contributed by atoms with Crippen molar-refractivity contribution in [3.8, 4) is 0 Å². The number of ether oxygens (including phenoxy) is 2. The van der Waals surface area contributed by atoms with E-state index in [1.54, 1.807) is 0 Å². The summed E-state index contributed by atoms with van der Waals surface area (Å²) in [4.78, 5) is 14.2. The third-order valence-electron chi connectivity index (χ3n) is 11.3. The van der Waals surface area contributed by atoms with Gasteiger partial charge in [-0.3, -0.25) is 4.79 Å². The molecular weight excluding hydrogens is 428 g/mol. The van der Waals surface area contributed by atoms with E-state index in [0.717, 1.165) is 19.3 Å². The van der Waals surface area contributed by atoms with Gasteiger partial charge in [0.15, 0.2) is 14.1 Å². The van der Waals surface area contributed by atoms with Gasteiger partial charge in [0, 0.05) is 23.7 Å². The molecule has 0 bridgehead atoms. The number of hydrogen-bond acceptors (Lipinski definition) is 4. The zero-order valence-electron chi connectivity index (χ0n) is 22.6. The molecule has 4 saturated carbocycles. The van der Waals surface area contributed by atoms with E-state index < -0.39 is 14.1 Å². The predicted octanol–water partition coefficient (Wildman–Crippen LogP) is 6.73. The molecule has 33 heavy (non-hydrogen) atoms. The van der Waals surface area contributed by atoms with Crippen LogP contribution in [0.25, 0.3) is 0 Å². The molecule has 4 aliphatic carbocycles. The molecule has 0 radical (unpaired) electrons. The Kier molecular flexibility index (Phi) is 5.48. The summed E-state index contributed by atoms with van der Waals surface area (Å²) in [6, 6.07) is 0.